The topological polar surface area (TPSA) is 91.0 Å². The van der Waals surface area contributed by atoms with Gasteiger partial charge in [0.1, 0.15) is 6.61 Å². The van der Waals surface area contributed by atoms with E-state index in [4.69, 9.17) is 10.6 Å². The van der Waals surface area contributed by atoms with E-state index < -0.39 is 17.5 Å². The zero-order chi connectivity index (χ0) is 14.1. The Kier molecular flexibility index (Phi) is 6.25. The van der Waals surface area contributed by atoms with Crippen LogP contribution in [0.5, 0.6) is 0 Å². The minimum atomic E-state index is -0.835. The van der Waals surface area contributed by atoms with E-state index in [-0.39, 0.29) is 19.8 Å². The zero-order valence-electron chi connectivity index (χ0n) is 10.7. The Bertz CT molecular complexity index is 457. The molecular formula is C13H16N2O4. The van der Waals surface area contributed by atoms with Crippen molar-refractivity contribution in [3.8, 4) is 0 Å². The maximum atomic E-state index is 11.6. The molecule has 19 heavy (non-hydrogen) atoms. The van der Waals surface area contributed by atoms with E-state index in [1.54, 1.807) is 6.92 Å². The normalized spacial score (nSPS) is 11.1. The van der Waals surface area contributed by atoms with Crippen LogP contribution in [0.1, 0.15) is 12.5 Å². The maximum Gasteiger partial charge on any atom is 0.362 e. The highest BCUT2D eigenvalue weighted by atomic mass is 16.5. The van der Waals surface area contributed by atoms with Gasteiger partial charge in [0.15, 0.2) is 0 Å². The van der Waals surface area contributed by atoms with Gasteiger partial charge in [0, 0.05) is 0 Å². The van der Waals surface area contributed by atoms with Gasteiger partial charge in [-0.25, -0.2) is 4.79 Å². The Balaban J connectivity index is 2.44. The number of hydrogen-bond acceptors (Lipinski definition) is 6. The van der Waals surface area contributed by atoms with Crippen molar-refractivity contribution < 1.29 is 19.1 Å². The number of nitrogens with two attached hydrogens (primary N) is 1. The first-order valence-corrected chi connectivity index (χ1v) is 5.79. The summed E-state index contributed by atoms with van der Waals surface area (Å²) in [5.74, 6) is 3.56. The average Bonchev–Trinajstić information content (AvgIpc) is 2.41. The Morgan fingerprint density at radius 2 is 1.95 bits per heavy atom. The smallest absolute Gasteiger partial charge is 0.362 e. The molecule has 0 aliphatic rings. The molecular weight excluding hydrogens is 248 g/mol. The first kappa shape index (κ1) is 14.8. The fraction of sp³-hybridized carbons (Fsp3) is 0.308. The Hall–Kier alpha value is -2.21. The number of ketones is 1. The molecule has 0 fully saturated rings. The van der Waals surface area contributed by atoms with Crippen LogP contribution < -0.4 is 5.84 Å². The molecule has 0 aromatic heterocycles. The Labute approximate surface area is 111 Å². The summed E-state index contributed by atoms with van der Waals surface area (Å²) in [6.07, 6.45) is 0. The number of nitrogens with zero attached hydrogens (tertiary/aromatic N) is 1. The van der Waals surface area contributed by atoms with Crippen molar-refractivity contribution in [2.24, 2.45) is 10.9 Å². The molecule has 0 heterocycles. The van der Waals surface area contributed by atoms with Gasteiger partial charge in [-0.15, -0.1) is 0 Å². The second-order valence-electron chi connectivity index (χ2n) is 3.60. The molecule has 0 aliphatic carbocycles. The molecule has 0 radical (unpaired) electrons. The maximum absolute atomic E-state index is 11.6. The Morgan fingerprint density at radius 1 is 1.26 bits per heavy atom. The van der Waals surface area contributed by atoms with Gasteiger partial charge in [-0.05, 0) is 12.5 Å². The van der Waals surface area contributed by atoms with Crippen molar-refractivity contribution in [1.82, 2.24) is 0 Å². The average molecular weight is 264 g/mol. The van der Waals surface area contributed by atoms with E-state index in [0.717, 1.165) is 5.56 Å². The van der Waals surface area contributed by atoms with Crippen molar-refractivity contribution in [2.75, 3.05) is 13.2 Å². The van der Waals surface area contributed by atoms with Crippen LogP contribution in [0.15, 0.2) is 35.4 Å². The fourth-order valence-corrected chi connectivity index (χ4v) is 1.34. The number of esters is 1. The molecule has 0 amide bonds. The lowest BCUT2D eigenvalue weighted by Gasteiger charge is -2.05. The van der Waals surface area contributed by atoms with Crippen LogP contribution in [0.2, 0.25) is 0 Å². The molecule has 1 aromatic carbocycles. The number of carbonyl (C=O) groups is 2. The molecule has 0 spiro atoms. The molecule has 0 saturated heterocycles. The fourth-order valence-electron chi connectivity index (χ4n) is 1.34. The zero-order valence-corrected chi connectivity index (χ0v) is 10.7. The molecule has 0 atom stereocenters. The van der Waals surface area contributed by atoms with Gasteiger partial charge in [-0.1, -0.05) is 30.3 Å². The number of carbonyl (C=O) groups excluding carboxylic acids is 2. The number of rotatable bonds is 7. The molecule has 6 heteroatoms. The molecule has 102 valence electrons. The van der Waals surface area contributed by atoms with Gasteiger partial charge >= 0.3 is 5.97 Å². The summed E-state index contributed by atoms with van der Waals surface area (Å²) in [5, 5.41) is 3.14. The summed E-state index contributed by atoms with van der Waals surface area (Å²) in [6.45, 7) is 1.77. The second-order valence-corrected chi connectivity index (χ2v) is 3.60. The van der Waals surface area contributed by atoms with Crippen LogP contribution in [0.25, 0.3) is 0 Å². The molecule has 0 unspecified atom stereocenters. The monoisotopic (exact) mass is 264 g/mol. The second kappa shape index (κ2) is 7.99. The summed E-state index contributed by atoms with van der Waals surface area (Å²) in [5.41, 5.74) is 0.493. The van der Waals surface area contributed by atoms with E-state index in [2.05, 4.69) is 9.84 Å². The van der Waals surface area contributed by atoms with Gasteiger partial charge in [-0.3, -0.25) is 4.79 Å². The molecule has 6 nitrogen and oxygen atoms in total. The standard InChI is InChI=1S/C13H16N2O4/c1-2-19-13(17)12(15-14)11(16)9-18-8-10-6-4-3-5-7-10/h3-7H,2,8-9,14H2,1H3/b15-12-. The largest absolute Gasteiger partial charge is 0.461 e. The predicted molar refractivity (Wildman–Crippen MR) is 69.4 cm³/mol. The van der Waals surface area contributed by atoms with Gasteiger partial charge in [0.2, 0.25) is 11.5 Å². The summed E-state index contributed by atoms with van der Waals surface area (Å²) in [4.78, 5) is 23.0. The van der Waals surface area contributed by atoms with Crippen molar-refractivity contribution >= 4 is 17.5 Å². The number of hydrazone groups is 1. The van der Waals surface area contributed by atoms with Crippen LogP contribution >= 0.6 is 0 Å². The van der Waals surface area contributed by atoms with Gasteiger partial charge < -0.3 is 15.3 Å². The highest BCUT2D eigenvalue weighted by molar-refractivity contribution is 6.64. The summed E-state index contributed by atoms with van der Waals surface area (Å²) in [7, 11) is 0. The molecule has 0 aliphatic heterocycles. The van der Waals surface area contributed by atoms with Crippen LogP contribution in [-0.4, -0.2) is 30.7 Å². The van der Waals surface area contributed by atoms with E-state index in [1.165, 1.54) is 0 Å². The first-order chi connectivity index (χ1) is 9.19. The first-order valence-electron chi connectivity index (χ1n) is 5.79. The SMILES string of the molecule is CCOC(=O)/C(=N\N)C(=O)COCc1ccccc1. The quantitative estimate of drug-likeness (QED) is 0.257. The third kappa shape index (κ3) is 4.89. The molecule has 1 aromatic rings. The third-order valence-electron chi connectivity index (χ3n) is 2.21. The number of ether oxygens (including phenoxy) is 2. The minimum absolute atomic E-state index is 0.149. The highest BCUT2D eigenvalue weighted by Gasteiger charge is 2.21. The van der Waals surface area contributed by atoms with E-state index >= 15 is 0 Å². The van der Waals surface area contributed by atoms with Crippen LogP contribution in [-0.2, 0) is 25.7 Å². The molecule has 0 bridgehead atoms. The van der Waals surface area contributed by atoms with Crippen LogP contribution in [0.3, 0.4) is 0 Å². The van der Waals surface area contributed by atoms with E-state index in [9.17, 15) is 9.59 Å². The predicted octanol–water partition coefficient (Wildman–Crippen LogP) is 0.650. The van der Waals surface area contributed by atoms with Gasteiger partial charge in [0.25, 0.3) is 0 Å². The van der Waals surface area contributed by atoms with Crippen LogP contribution in [0, 0.1) is 0 Å². The molecule has 1 rings (SSSR count). The van der Waals surface area contributed by atoms with Crippen molar-refractivity contribution in [2.45, 2.75) is 13.5 Å². The van der Waals surface area contributed by atoms with Crippen molar-refractivity contribution in [3.63, 3.8) is 0 Å². The molecule has 0 saturated carbocycles. The summed E-state index contributed by atoms with van der Waals surface area (Å²) in [6, 6.07) is 9.36. The number of benzene rings is 1. The van der Waals surface area contributed by atoms with E-state index in [0.29, 0.717) is 0 Å². The van der Waals surface area contributed by atoms with Gasteiger partial charge in [-0.2, -0.15) is 5.10 Å². The number of hydrogen-bond donors (Lipinski definition) is 1. The summed E-state index contributed by atoms with van der Waals surface area (Å²) >= 11 is 0. The lowest BCUT2D eigenvalue weighted by Crippen LogP contribution is -2.30. The third-order valence-corrected chi connectivity index (χ3v) is 2.21. The lowest BCUT2D eigenvalue weighted by molar-refractivity contribution is -0.136. The van der Waals surface area contributed by atoms with Crippen molar-refractivity contribution in [3.05, 3.63) is 35.9 Å². The lowest BCUT2D eigenvalue weighted by atomic mass is 10.2. The summed E-state index contributed by atoms with van der Waals surface area (Å²) < 4.78 is 9.85. The molecule has 2 N–H and O–H groups in total. The van der Waals surface area contributed by atoms with Gasteiger partial charge in [0.05, 0.1) is 13.2 Å². The van der Waals surface area contributed by atoms with Crippen molar-refractivity contribution in [1.29, 1.82) is 0 Å². The Morgan fingerprint density at radius 3 is 2.53 bits per heavy atom. The highest BCUT2D eigenvalue weighted by Crippen LogP contribution is 2.00. The minimum Gasteiger partial charge on any atom is -0.461 e. The van der Waals surface area contributed by atoms with E-state index in [1.807, 2.05) is 30.3 Å². The number of Topliss-reactive ketones (excluding diaryl/α,β-unsaturated/α-hetero) is 1. The van der Waals surface area contributed by atoms with Crippen LogP contribution in [0.4, 0.5) is 0 Å².